The summed E-state index contributed by atoms with van der Waals surface area (Å²) in [5.74, 6) is -0.923. The largest absolute Gasteiger partial charge is 0.476 e. The van der Waals surface area contributed by atoms with Gasteiger partial charge in [-0.2, -0.15) is 0 Å². The van der Waals surface area contributed by atoms with Gasteiger partial charge in [-0.25, -0.2) is 14.8 Å². The Bertz CT molecular complexity index is 639. The number of nitrogens with zero attached hydrogens (tertiary/aromatic N) is 4. The van der Waals surface area contributed by atoms with E-state index in [2.05, 4.69) is 15.3 Å². The number of hydrogen-bond donors (Lipinski definition) is 2. The minimum Gasteiger partial charge on any atom is -0.476 e. The fraction of sp³-hybridized carbons (Fsp3) is 0.182. The summed E-state index contributed by atoms with van der Waals surface area (Å²) in [4.78, 5) is 28.5. The molecule has 9 nitrogen and oxygen atoms in total. The molecule has 0 fully saturated rings. The van der Waals surface area contributed by atoms with Gasteiger partial charge in [0.15, 0.2) is 5.69 Å². The van der Waals surface area contributed by atoms with Gasteiger partial charge in [-0.15, -0.1) is 0 Å². The van der Waals surface area contributed by atoms with Crippen molar-refractivity contribution in [3.05, 3.63) is 46.7 Å². The molecule has 2 aromatic heterocycles. The highest BCUT2D eigenvalue weighted by atomic mass is 16.6. The van der Waals surface area contributed by atoms with Gasteiger partial charge in [-0.3, -0.25) is 10.1 Å². The third-order valence-corrected chi connectivity index (χ3v) is 2.50. The van der Waals surface area contributed by atoms with E-state index < -0.39 is 10.9 Å². The van der Waals surface area contributed by atoms with Gasteiger partial charge in [-0.05, 0) is 6.07 Å². The van der Waals surface area contributed by atoms with Crippen LogP contribution >= 0.6 is 0 Å². The molecule has 0 aliphatic rings. The topological polar surface area (TPSA) is 123 Å². The van der Waals surface area contributed by atoms with Crippen molar-refractivity contribution in [2.75, 3.05) is 11.9 Å². The normalized spacial score (nSPS) is 10.2. The number of aromatic nitrogens is 3. The summed E-state index contributed by atoms with van der Waals surface area (Å²) >= 11 is 0. The van der Waals surface area contributed by atoms with Gasteiger partial charge >= 0.3 is 11.7 Å². The Morgan fingerprint density at radius 3 is 2.95 bits per heavy atom. The summed E-state index contributed by atoms with van der Waals surface area (Å²) in [5, 5.41) is 22.3. The van der Waals surface area contributed by atoms with Crippen LogP contribution in [-0.4, -0.2) is 37.1 Å². The molecule has 104 valence electrons. The molecule has 2 N–H and O–H groups in total. The molecule has 9 heteroatoms. The zero-order valence-corrected chi connectivity index (χ0v) is 10.3. The van der Waals surface area contributed by atoms with Crippen molar-refractivity contribution < 1.29 is 14.8 Å². The van der Waals surface area contributed by atoms with Crippen LogP contribution < -0.4 is 5.32 Å². The maximum atomic E-state index is 10.8. The van der Waals surface area contributed by atoms with Crippen LogP contribution in [0, 0.1) is 10.1 Å². The van der Waals surface area contributed by atoms with Crippen LogP contribution in [0.5, 0.6) is 0 Å². The molecular formula is C11H11N5O4. The summed E-state index contributed by atoms with van der Waals surface area (Å²) in [7, 11) is 0. The second-order valence-corrected chi connectivity index (χ2v) is 3.86. The van der Waals surface area contributed by atoms with Crippen LogP contribution in [0.25, 0.3) is 0 Å². The number of carboxylic acid groups (broad SMARTS) is 1. The van der Waals surface area contributed by atoms with Crippen molar-refractivity contribution in [2.24, 2.45) is 0 Å². The van der Waals surface area contributed by atoms with Gasteiger partial charge in [0.05, 0.1) is 11.3 Å². The van der Waals surface area contributed by atoms with Gasteiger partial charge in [0.2, 0.25) is 5.82 Å². The first-order valence-electron chi connectivity index (χ1n) is 5.66. The molecule has 0 aliphatic heterocycles. The molecule has 0 saturated heterocycles. The predicted molar refractivity (Wildman–Crippen MR) is 68.6 cm³/mol. The number of carbonyl (C=O) groups is 1. The molecule has 0 aromatic carbocycles. The lowest BCUT2D eigenvalue weighted by atomic mass is 10.4. The Labute approximate surface area is 113 Å². The Morgan fingerprint density at radius 1 is 1.50 bits per heavy atom. The highest BCUT2D eigenvalue weighted by Gasteiger charge is 2.13. The van der Waals surface area contributed by atoms with Crippen molar-refractivity contribution in [1.29, 1.82) is 0 Å². The molecule has 0 unspecified atom stereocenters. The van der Waals surface area contributed by atoms with Crippen LogP contribution in [0.2, 0.25) is 0 Å². The maximum Gasteiger partial charge on any atom is 0.356 e. The molecule has 0 spiro atoms. The second-order valence-electron chi connectivity index (χ2n) is 3.86. The zero-order valence-electron chi connectivity index (χ0n) is 10.3. The average Bonchev–Trinajstić information content (AvgIpc) is 2.88. The van der Waals surface area contributed by atoms with E-state index in [1.165, 1.54) is 30.9 Å². The summed E-state index contributed by atoms with van der Waals surface area (Å²) in [6.07, 6.45) is 4.23. The van der Waals surface area contributed by atoms with E-state index in [4.69, 9.17) is 5.11 Å². The monoisotopic (exact) mass is 277 g/mol. The number of hydrogen-bond acceptors (Lipinski definition) is 6. The molecule has 2 rings (SSSR count). The summed E-state index contributed by atoms with van der Waals surface area (Å²) in [5.41, 5.74) is -0.154. The SMILES string of the molecule is O=C(O)c1cn(CCNc2ncccc2[N+](=O)[O-])cn1. The molecule has 0 saturated carbocycles. The van der Waals surface area contributed by atoms with Crippen molar-refractivity contribution in [1.82, 2.24) is 14.5 Å². The summed E-state index contributed by atoms with van der Waals surface area (Å²) < 4.78 is 1.57. The van der Waals surface area contributed by atoms with Crippen LogP contribution in [-0.2, 0) is 6.54 Å². The number of pyridine rings is 1. The van der Waals surface area contributed by atoms with E-state index in [9.17, 15) is 14.9 Å². The minimum absolute atomic E-state index is 0.0474. The first kappa shape index (κ1) is 13.5. The fourth-order valence-corrected chi connectivity index (χ4v) is 1.58. The standard InChI is InChI=1S/C11H11N5O4/c17-11(18)8-6-15(7-14-8)5-4-13-10-9(16(19)20)2-1-3-12-10/h1-3,6-7H,4-5H2,(H,12,13)(H,17,18). The van der Waals surface area contributed by atoms with E-state index in [1.807, 2.05) is 0 Å². The predicted octanol–water partition coefficient (Wildman–Crippen LogP) is 0.997. The average molecular weight is 277 g/mol. The van der Waals surface area contributed by atoms with Crippen LogP contribution in [0.3, 0.4) is 0 Å². The highest BCUT2D eigenvalue weighted by Crippen LogP contribution is 2.19. The number of rotatable bonds is 6. The number of anilines is 1. The van der Waals surface area contributed by atoms with Crippen LogP contribution in [0.1, 0.15) is 10.5 Å². The molecular weight excluding hydrogens is 266 g/mol. The van der Waals surface area contributed by atoms with Gasteiger partial charge in [0, 0.05) is 31.5 Å². The number of aromatic carboxylic acids is 1. The van der Waals surface area contributed by atoms with E-state index in [-0.39, 0.29) is 17.2 Å². The summed E-state index contributed by atoms with van der Waals surface area (Å²) in [6, 6.07) is 2.84. The van der Waals surface area contributed by atoms with Gasteiger partial charge in [0.25, 0.3) is 0 Å². The van der Waals surface area contributed by atoms with Gasteiger partial charge in [-0.1, -0.05) is 0 Å². The Morgan fingerprint density at radius 2 is 2.30 bits per heavy atom. The fourth-order valence-electron chi connectivity index (χ4n) is 1.58. The molecule has 20 heavy (non-hydrogen) atoms. The molecule has 0 amide bonds. The molecule has 0 aliphatic carbocycles. The lowest BCUT2D eigenvalue weighted by Crippen LogP contribution is -2.11. The Hall–Kier alpha value is -2.97. The van der Waals surface area contributed by atoms with Gasteiger partial charge < -0.3 is 15.0 Å². The zero-order chi connectivity index (χ0) is 14.5. The molecule has 0 bridgehead atoms. The van der Waals surface area contributed by atoms with Crippen molar-refractivity contribution in [3.8, 4) is 0 Å². The van der Waals surface area contributed by atoms with Crippen molar-refractivity contribution in [2.45, 2.75) is 6.54 Å². The lowest BCUT2D eigenvalue weighted by molar-refractivity contribution is -0.384. The maximum absolute atomic E-state index is 10.8. The van der Waals surface area contributed by atoms with Gasteiger partial charge in [0.1, 0.15) is 0 Å². The second kappa shape index (κ2) is 5.78. The Balaban J connectivity index is 1.96. The van der Waals surface area contributed by atoms with E-state index in [0.717, 1.165) is 0 Å². The van der Waals surface area contributed by atoms with Crippen molar-refractivity contribution >= 4 is 17.5 Å². The molecule has 0 atom stereocenters. The molecule has 2 heterocycles. The number of carboxylic acids is 1. The third kappa shape index (κ3) is 3.07. The third-order valence-electron chi connectivity index (χ3n) is 2.50. The molecule has 0 radical (unpaired) electrons. The quantitative estimate of drug-likeness (QED) is 0.596. The smallest absolute Gasteiger partial charge is 0.356 e. The lowest BCUT2D eigenvalue weighted by Gasteiger charge is -2.06. The number of nitro groups is 1. The first-order valence-corrected chi connectivity index (χ1v) is 5.66. The molecule has 2 aromatic rings. The number of nitrogens with one attached hydrogen (secondary N) is 1. The van der Waals surface area contributed by atoms with E-state index in [1.54, 1.807) is 4.57 Å². The highest BCUT2D eigenvalue weighted by molar-refractivity contribution is 5.84. The van der Waals surface area contributed by atoms with Crippen LogP contribution in [0.15, 0.2) is 30.9 Å². The van der Waals surface area contributed by atoms with Crippen LogP contribution in [0.4, 0.5) is 11.5 Å². The number of imidazole rings is 1. The minimum atomic E-state index is -1.10. The Kier molecular flexibility index (Phi) is 3.89. The van der Waals surface area contributed by atoms with Crippen molar-refractivity contribution in [3.63, 3.8) is 0 Å². The first-order chi connectivity index (χ1) is 9.58. The van der Waals surface area contributed by atoms with E-state index >= 15 is 0 Å². The summed E-state index contributed by atoms with van der Waals surface area (Å²) in [6.45, 7) is 0.765. The van der Waals surface area contributed by atoms with E-state index in [0.29, 0.717) is 13.1 Å².